The fraction of sp³-hybridized carbons (Fsp3) is 0.400. The zero-order valence-corrected chi connectivity index (χ0v) is 19.0. The average molecular weight is 463 g/mol. The quantitative estimate of drug-likeness (QED) is 0.544. The monoisotopic (exact) mass is 462 g/mol. The van der Waals surface area contributed by atoms with Crippen LogP contribution in [-0.4, -0.2) is 48.6 Å². The largest absolute Gasteiger partial charge is 0.486 e. The Morgan fingerprint density at radius 3 is 2.76 bits per heavy atom. The van der Waals surface area contributed by atoms with Gasteiger partial charge in [-0.3, -0.25) is 4.79 Å². The minimum absolute atomic E-state index is 0.0918. The highest BCUT2D eigenvalue weighted by molar-refractivity contribution is 5.79. The number of furan rings is 1. The summed E-state index contributed by atoms with van der Waals surface area (Å²) in [6, 6.07) is 11.4. The van der Waals surface area contributed by atoms with Crippen molar-refractivity contribution < 1.29 is 23.1 Å². The lowest BCUT2D eigenvalue weighted by atomic mass is 9.95. The van der Waals surface area contributed by atoms with Gasteiger partial charge in [0.2, 0.25) is 17.5 Å². The Hall–Kier alpha value is -3.93. The second kappa shape index (κ2) is 9.51. The van der Waals surface area contributed by atoms with Crippen LogP contribution in [0.5, 0.6) is 11.5 Å². The van der Waals surface area contributed by atoms with Crippen molar-refractivity contribution in [3.63, 3.8) is 0 Å². The number of carbonyl (C=O) groups excluding carboxylic acids is 1. The van der Waals surface area contributed by atoms with Crippen molar-refractivity contribution in [3.8, 4) is 29.2 Å². The number of carbonyl (C=O) groups is 1. The van der Waals surface area contributed by atoms with Crippen LogP contribution < -0.4 is 14.4 Å². The lowest BCUT2D eigenvalue weighted by molar-refractivity contribution is -0.136. The van der Waals surface area contributed by atoms with E-state index in [-0.39, 0.29) is 23.4 Å². The van der Waals surface area contributed by atoms with Crippen molar-refractivity contribution >= 4 is 11.8 Å². The lowest BCUT2D eigenvalue weighted by Gasteiger charge is -2.34. The lowest BCUT2D eigenvalue weighted by Crippen LogP contribution is -2.42. The van der Waals surface area contributed by atoms with Crippen molar-refractivity contribution in [2.75, 3.05) is 37.7 Å². The number of hydrogen-bond donors (Lipinski definition) is 0. The highest BCUT2D eigenvalue weighted by Gasteiger charge is 2.32. The van der Waals surface area contributed by atoms with Crippen molar-refractivity contribution in [1.82, 2.24) is 9.88 Å². The van der Waals surface area contributed by atoms with E-state index in [0.29, 0.717) is 63.9 Å². The number of rotatable bonds is 6. The smallest absolute Gasteiger partial charge is 0.266 e. The Labute approximate surface area is 197 Å². The number of piperidine rings is 1. The van der Waals surface area contributed by atoms with Crippen molar-refractivity contribution in [2.24, 2.45) is 5.92 Å². The highest BCUT2D eigenvalue weighted by atomic mass is 16.6. The van der Waals surface area contributed by atoms with Gasteiger partial charge < -0.3 is 28.1 Å². The molecule has 1 amide bonds. The number of oxazole rings is 1. The fourth-order valence-corrected chi connectivity index (χ4v) is 4.50. The molecule has 3 aromatic rings. The molecule has 0 bridgehead atoms. The predicted molar refractivity (Wildman–Crippen MR) is 122 cm³/mol. The van der Waals surface area contributed by atoms with Gasteiger partial charge in [-0.25, -0.2) is 0 Å². The maximum absolute atomic E-state index is 13.4. The summed E-state index contributed by atoms with van der Waals surface area (Å²) >= 11 is 0. The van der Waals surface area contributed by atoms with Crippen molar-refractivity contribution in [3.05, 3.63) is 47.9 Å². The Bertz CT molecular complexity index is 1190. The molecule has 0 spiro atoms. The van der Waals surface area contributed by atoms with Crippen LogP contribution in [0.15, 0.2) is 45.4 Å². The zero-order valence-electron chi connectivity index (χ0n) is 19.0. The Morgan fingerprint density at radius 1 is 1.21 bits per heavy atom. The van der Waals surface area contributed by atoms with Crippen LogP contribution >= 0.6 is 0 Å². The summed E-state index contributed by atoms with van der Waals surface area (Å²) in [7, 11) is 0. The van der Waals surface area contributed by atoms with Crippen LogP contribution in [0.25, 0.3) is 11.7 Å². The molecule has 0 radical (unpaired) electrons. The van der Waals surface area contributed by atoms with Gasteiger partial charge in [-0.1, -0.05) is 12.1 Å². The van der Waals surface area contributed by atoms with E-state index in [4.69, 9.17) is 18.3 Å². The predicted octanol–water partition coefficient (Wildman–Crippen LogP) is 3.84. The van der Waals surface area contributed by atoms with Crippen LogP contribution in [0.1, 0.15) is 31.0 Å². The van der Waals surface area contributed by atoms with Gasteiger partial charge >= 0.3 is 0 Å². The first-order chi connectivity index (χ1) is 16.7. The van der Waals surface area contributed by atoms with Gasteiger partial charge in [0.15, 0.2) is 17.3 Å². The number of aromatic nitrogens is 1. The van der Waals surface area contributed by atoms with Gasteiger partial charge in [-0.05, 0) is 38.0 Å². The van der Waals surface area contributed by atoms with Gasteiger partial charge in [0.1, 0.15) is 19.3 Å². The molecule has 0 saturated carbocycles. The zero-order chi connectivity index (χ0) is 23.5. The Morgan fingerprint density at radius 2 is 2.03 bits per heavy atom. The van der Waals surface area contributed by atoms with Crippen LogP contribution in [0.4, 0.5) is 5.88 Å². The third-order valence-corrected chi connectivity index (χ3v) is 6.28. The maximum atomic E-state index is 13.4. The first-order valence-electron chi connectivity index (χ1n) is 11.5. The van der Waals surface area contributed by atoms with E-state index in [1.807, 2.05) is 34.9 Å². The number of para-hydroxylation sites is 1. The van der Waals surface area contributed by atoms with E-state index >= 15 is 0 Å². The topological polar surface area (TPSA) is 105 Å². The number of nitriles is 1. The second-order valence-electron chi connectivity index (χ2n) is 8.32. The number of nitrogens with zero attached hydrogens (tertiary/aromatic N) is 4. The van der Waals surface area contributed by atoms with Crippen molar-refractivity contribution in [2.45, 2.75) is 26.3 Å². The standard InChI is InChI=1S/C25H26N4O5/c1-2-28(16-18-5-3-6-20-22(18)33-14-13-32-20)24(30)17-8-10-29(11-9-17)25-19(15-26)27-23(34-25)21-7-4-12-31-21/h3-7,12,17H,2,8-11,13-14,16H2,1H3. The number of fused-ring (bicyclic) bond motifs is 1. The molecule has 4 heterocycles. The summed E-state index contributed by atoms with van der Waals surface area (Å²) in [5.74, 6) is 2.69. The normalized spacial score (nSPS) is 15.7. The van der Waals surface area contributed by atoms with E-state index < -0.39 is 0 Å². The van der Waals surface area contributed by atoms with Gasteiger partial charge in [0.05, 0.1) is 6.26 Å². The molecule has 1 saturated heterocycles. The number of benzene rings is 1. The fourth-order valence-electron chi connectivity index (χ4n) is 4.50. The molecule has 34 heavy (non-hydrogen) atoms. The van der Waals surface area contributed by atoms with Crippen molar-refractivity contribution in [1.29, 1.82) is 5.26 Å². The van der Waals surface area contributed by atoms with Gasteiger partial charge in [-0.2, -0.15) is 10.2 Å². The Balaban J connectivity index is 1.25. The maximum Gasteiger partial charge on any atom is 0.266 e. The van der Waals surface area contributed by atoms with Crippen LogP contribution in [0, 0.1) is 17.2 Å². The molecule has 176 valence electrons. The summed E-state index contributed by atoms with van der Waals surface area (Å²) in [6.45, 7) is 5.33. The third-order valence-electron chi connectivity index (χ3n) is 6.28. The Kier molecular flexibility index (Phi) is 6.12. The second-order valence-corrected chi connectivity index (χ2v) is 8.32. The van der Waals surface area contributed by atoms with Crippen LogP contribution in [0.2, 0.25) is 0 Å². The number of ether oxygens (including phenoxy) is 2. The molecule has 2 aliphatic heterocycles. The van der Waals surface area contributed by atoms with Crippen LogP contribution in [-0.2, 0) is 11.3 Å². The van der Waals surface area contributed by atoms with E-state index in [1.54, 1.807) is 12.1 Å². The molecule has 9 nitrogen and oxygen atoms in total. The van der Waals surface area contributed by atoms with Gasteiger partial charge in [0, 0.05) is 37.7 Å². The molecule has 1 fully saturated rings. The first kappa shape index (κ1) is 21.9. The number of hydrogen-bond acceptors (Lipinski definition) is 8. The van der Waals surface area contributed by atoms with Crippen LogP contribution in [0.3, 0.4) is 0 Å². The number of anilines is 1. The summed E-state index contributed by atoms with van der Waals surface area (Å²) in [4.78, 5) is 21.5. The minimum atomic E-state index is -0.0918. The summed E-state index contributed by atoms with van der Waals surface area (Å²) < 4.78 is 22.7. The van der Waals surface area contributed by atoms with Gasteiger partial charge in [-0.15, -0.1) is 0 Å². The summed E-state index contributed by atoms with van der Waals surface area (Å²) in [6.07, 6.45) is 2.87. The average Bonchev–Trinajstić information content (AvgIpc) is 3.57. The molecule has 9 heteroatoms. The third kappa shape index (κ3) is 4.19. The molecule has 2 aromatic heterocycles. The first-order valence-corrected chi connectivity index (χ1v) is 11.5. The molecule has 0 unspecified atom stereocenters. The van der Waals surface area contributed by atoms with Gasteiger partial charge in [0.25, 0.3) is 5.89 Å². The SMILES string of the molecule is CCN(Cc1cccc2c1OCCO2)C(=O)C1CCN(c2oc(-c3ccco3)nc2C#N)CC1. The minimum Gasteiger partial charge on any atom is -0.486 e. The molecule has 0 atom stereocenters. The van der Waals surface area contributed by atoms with E-state index in [0.717, 1.165) is 17.1 Å². The molecule has 0 N–H and O–H groups in total. The highest BCUT2D eigenvalue weighted by Crippen LogP contribution is 2.35. The summed E-state index contributed by atoms with van der Waals surface area (Å²) in [5, 5.41) is 9.52. The molecule has 1 aromatic carbocycles. The molecular formula is C25H26N4O5. The summed E-state index contributed by atoms with van der Waals surface area (Å²) in [5.41, 5.74) is 1.18. The van der Waals surface area contributed by atoms with E-state index in [1.165, 1.54) is 6.26 Å². The molecule has 2 aliphatic rings. The number of amides is 1. The molecule has 5 rings (SSSR count). The molecular weight excluding hydrogens is 436 g/mol. The van der Waals surface area contributed by atoms with E-state index in [2.05, 4.69) is 11.1 Å². The molecule has 0 aliphatic carbocycles. The van der Waals surface area contributed by atoms with E-state index in [9.17, 15) is 10.1 Å².